The van der Waals surface area contributed by atoms with Crippen molar-refractivity contribution in [3.8, 4) is 0 Å². The monoisotopic (exact) mass is 292 g/mol. The van der Waals surface area contributed by atoms with Gasteiger partial charge in [-0.3, -0.25) is 4.90 Å². The van der Waals surface area contributed by atoms with Crippen LogP contribution in [0.3, 0.4) is 0 Å². The van der Waals surface area contributed by atoms with Crippen molar-refractivity contribution in [1.82, 2.24) is 4.90 Å². The van der Waals surface area contributed by atoms with Crippen LogP contribution in [-0.4, -0.2) is 36.7 Å². The van der Waals surface area contributed by atoms with Crippen LogP contribution in [0.15, 0.2) is 18.2 Å². The lowest BCUT2D eigenvalue weighted by Gasteiger charge is -2.47. The minimum Gasteiger partial charge on any atom is -0.375 e. The van der Waals surface area contributed by atoms with Crippen molar-refractivity contribution in [2.45, 2.75) is 50.8 Å². The minimum absolute atomic E-state index is 0.167. The summed E-state index contributed by atoms with van der Waals surface area (Å²) in [6.07, 6.45) is 5.21. The summed E-state index contributed by atoms with van der Waals surface area (Å²) < 4.78 is 19.3. The fraction of sp³-hybridized carbons (Fsp3) is 0.647. The first-order valence-electron chi connectivity index (χ1n) is 8.04. The van der Waals surface area contributed by atoms with Gasteiger partial charge in [-0.2, -0.15) is 0 Å². The molecule has 2 aliphatic rings. The molecule has 0 amide bonds. The maximum absolute atomic E-state index is 13.4. The number of aryl methyl sites for hydroxylation is 1. The van der Waals surface area contributed by atoms with Gasteiger partial charge in [0.25, 0.3) is 0 Å². The van der Waals surface area contributed by atoms with Gasteiger partial charge in [-0.1, -0.05) is 18.9 Å². The third kappa shape index (κ3) is 2.98. The molecule has 0 radical (unpaired) electrons. The number of halogens is 1. The Balaban J connectivity index is 1.87. The van der Waals surface area contributed by atoms with E-state index in [0.29, 0.717) is 18.7 Å². The molecule has 1 heterocycles. The molecule has 3 nitrogen and oxygen atoms in total. The van der Waals surface area contributed by atoms with Gasteiger partial charge in [0.2, 0.25) is 0 Å². The van der Waals surface area contributed by atoms with Crippen LogP contribution >= 0.6 is 0 Å². The molecule has 1 aromatic carbocycles. The molecule has 0 bridgehead atoms. The Morgan fingerprint density at radius 2 is 2.19 bits per heavy atom. The normalized spacial score (nSPS) is 28.1. The smallest absolute Gasteiger partial charge is 0.123 e. The van der Waals surface area contributed by atoms with Crippen molar-refractivity contribution in [1.29, 1.82) is 0 Å². The molecule has 4 heteroatoms. The van der Waals surface area contributed by atoms with E-state index in [1.807, 2.05) is 13.0 Å². The third-order valence-corrected chi connectivity index (χ3v) is 4.99. The molecule has 3 atom stereocenters. The van der Waals surface area contributed by atoms with Gasteiger partial charge in [-0.25, -0.2) is 4.39 Å². The van der Waals surface area contributed by atoms with Gasteiger partial charge in [0.15, 0.2) is 0 Å². The average Bonchev–Trinajstić information content (AvgIpc) is 2.50. The largest absolute Gasteiger partial charge is 0.375 e. The molecule has 1 saturated heterocycles. The summed E-state index contributed by atoms with van der Waals surface area (Å²) in [5, 5.41) is 0. The van der Waals surface area contributed by atoms with Crippen molar-refractivity contribution in [2.24, 2.45) is 5.73 Å². The Morgan fingerprint density at radius 3 is 2.95 bits per heavy atom. The standard InChI is InChI=1S/C17H25FN2O/c1-12-10-13(18)6-7-14(12)16(11-19)20-8-9-21-17-5-3-2-4-15(17)20/h6-7,10,15-17H,2-5,8-9,11,19H2,1H3. The van der Waals surface area contributed by atoms with Crippen LogP contribution in [0, 0.1) is 12.7 Å². The summed E-state index contributed by atoms with van der Waals surface area (Å²) >= 11 is 0. The van der Waals surface area contributed by atoms with Crippen LogP contribution in [0.25, 0.3) is 0 Å². The molecule has 3 rings (SSSR count). The second-order valence-corrected chi connectivity index (χ2v) is 6.25. The molecular weight excluding hydrogens is 267 g/mol. The maximum atomic E-state index is 13.4. The highest BCUT2D eigenvalue weighted by molar-refractivity contribution is 5.30. The van der Waals surface area contributed by atoms with E-state index < -0.39 is 0 Å². The van der Waals surface area contributed by atoms with Gasteiger partial charge in [0, 0.05) is 25.2 Å². The Morgan fingerprint density at radius 1 is 1.38 bits per heavy atom. The fourth-order valence-corrected chi connectivity index (χ4v) is 3.97. The minimum atomic E-state index is -0.176. The van der Waals surface area contributed by atoms with Gasteiger partial charge in [-0.15, -0.1) is 0 Å². The number of hydrogen-bond donors (Lipinski definition) is 1. The summed E-state index contributed by atoms with van der Waals surface area (Å²) in [7, 11) is 0. The Bertz CT molecular complexity index is 492. The predicted molar refractivity (Wildman–Crippen MR) is 81.6 cm³/mol. The highest BCUT2D eigenvalue weighted by Gasteiger charge is 2.37. The topological polar surface area (TPSA) is 38.5 Å². The van der Waals surface area contributed by atoms with Crippen LogP contribution < -0.4 is 5.73 Å². The third-order valence-electron chi connectivity index (χ3n) is 4.99. The summed E-state index contributed by atoms with van der Waals surface area (Å²) in [5.41, 5.74) is 8.24. The Hall–Kier alpha value is -0.970. The summed E-state index contributed by atoms with van der Waals surface area (Å²) in [6.45, 7) is 4.23. The number of benzene rings is 1. The maximum Gasteiger partial charge on any atom is 0.123 e. The lowest BCUT2D eigenvalue weighted by Crippen LogP contribution is -2.55. The highest BCUT2D eigenvalue weighted by atomic mass is 19.1. The molecule has 1 aliphatic heterocycles. The molecule has 0 spiro atoms. The Kier molecular flexibility index (Phi) is 4.57. The van der Waals surface area contributed by atoms with Gasteiger partial charge >= 0.3 is 0 Å². The van der Waals surface area contributed by atoms with Gasteiger partial charge in [0.1, 0.15) is 5.82 Å². The molecule has 3 unspecified atom stereocenters. The van der Waals surface area contributed by atoms with E-state index in [0.717, 1.165) is 30.7 Å². The zero-order chi connectivity index (χ0) is 14.8. The molecule has 116 valence electrons. The molecule has 1 saturated carbocycles. The number of hydrogen-bond acceptors (Lipinski definition) is 3. The van der Waals surface area contributed by atoms with Crippen LogP contribution in [0.2, 0.25) is 0 Å². The number of rotatable bonds is 3. The number of ether oxygens (including phenoxy) is 1. The lowest BCUT2D eigenvalue weighted by molar-refractivity contribution is -0.102. The first-order valence-corrected chi connectivity index (χ1v) is 8.04. The Labute approximate surface area is 126 Å². The molecule has 1 aromatic rings. The molecule has 1 aliphatic carbocycles. The van der Waals surface area contributed by atoms with Crippen molar-refractivity contribution >= 4 is 0 Å². The van der Waals surface area contributed by atoms with Crippen LogP contribution in [0.4, 0.5) is 4.39 Å². The fourth-order valence-electron chi connectivity index (χ4n) is 3.97. The van der Waals surface area contributed by atoms with Gasteiger partial charge in [0.05, 0.1) is 12.7 Å². The number of morpholine rings is 1. The first kappa shape index (κ1) is 14.9. The number of nitrogens with zero attached hydrogens (tertiary/aromatic N) is 1. The molecular formula is C17H25FN2O. The van der Waals surface area contributed by atoms with Crippen molar-refractivity contribution in [2.75, 3.05) is 19.7 Å². The molecule has 2 N–H and O–H groups in total. The molecule has 0 aromatic heterocycles. The van der Waals surface area contributed by atoms with Crippen molar-refractivity contribution in [3.05, 3.63) is 35.1 Å². The van der Waals surface area contributed by atoms with E-state index in [-0.39, 0.29) is 11.9 Å². The average molecular weight is 292 g/mol. The van der Waals surface area contributed by atoms with Gasteiger partial charge in [-0.05, 0) is 43.0 Å². The van der Waals surface area contributed by atoms with Crippen LogP contribution in [0.5, 0.6) is 0 Å². The summed E-state index contributed by atoms with van der Waals surface area (Å²) in [5.74, 6) is -0.176. The SMILES string of the molecule is Cc1cc(F)ccc1C(CN)N1CCOC2CCCCC21. The van der Waals surface area contributed by atoms with E-state index in [1.165, 1.54) is 19.3 Å². The van der Waals surface area contributed by atoms with E-state index >= 15 is 0 Å². The first-order chi connectivity index (χ1) is 10.2. The molecule has 21 heavy (non-hydrogen) atoms. The quantitative estimate of drug-likeness (QED) is 0.931. The van der Waals surface area contributed by atoms with Gasteiger partial charge < -0.3 is 10.5 Å². The van der Waals surface area contributed by atoms with Crippen LogP contribution in [-0.2, 0) is 4.74 Å². The van der Waals surface area contributed by atoms with E-state index in [2.05, 4.69) is 4.90 Å². The number of fused-ring (bicyclic) bond motifs is 1. The zero-order valence-corrected chi connectivity index (χ0v) is 12.7. The van der Waals surface area contributed by atoms with Crippen LogP contribution in [0.1, 0.15) is 42.9 Å². The summed E-state index contributed by atoms with van der Waals surface area (Å²) in [6, 6.07) is 5.68. The highest BCUT2D eigenvalue weighted by Crippen LogP contribution is 2.34. The van der Waals surface area contributed by atoms with E-state index in [9.17, 15) is 4.39 Å². The summed E-state index contributed by atoms with van der Waals surface area (Å²) in [4.78, 5) is 2.51. The zero-order valence-electron chi connectivity index (χ0n) is 12.7. The van der Waals surface area contributed by atoms with E-state index in [1.54, 1.807) is 12.1 Å². The predicted octanol–water partition coefficient (Wildman–Crippen LogP) is 2.78. The molecule has 2 fully saturated rings. The van der Waals surface area contributed by atoms with Crippen molar-refractivity contribution < 1.29 is 9.13 Å². The lowest BCUT2D eigenvalue weighted by atomic mass is 9.87. The van der Waals surface area contributed by atoms with Crippen molar-refractivity contribution in [3.63, 3.8) is 0 Å². The second-order valence-electron chi connectivity index (χ2n) is 6.25. The number of nitrogens with two attached hydrogens (primary N) is 1. The van der Waals surface area contributed by atoms with E-state index in [4.69, 9.17) is 10.5 Å². The second kappa shape index (κ2) is 6.42.